The lowest BCUT2D eigenvalue weighted by Gasteiger charge is -2.10. The van der Waals surface area contributed by atoms with Gasteiger partial charge in [0.1, 0.15) is 0 Å². The molecule has 0 amide bonds. The van der Waals surface area contributed by atoms with Crippen LogP contribution in [0.5, 0.6) is 0 Å². The average Bonchev–Trinajstić information content (AvgIpc) is 2.69. The summed E-state index contributed by atoms with van der Waals surface area (Å²) in [6.45, 7) is 0. The van der Waals surface area contributed by atoms with Crippen LogP contribution in [0.1, 0.15) is 5.56 Å². The molecule has 0 saturated heterocycles. The first-order valence-corrected chi connectivity index (χ1v) is 7.90. The van der Waals surface area contributed by atoms with E-state index in [4.69, 9.17) is 0 Å². The lowest BCUT2D eigenvalue weighted by Crippen LogP contribution is -1.81. The van der Waals surface area contributed by atoms with Crippen LogP contribution in [0.15, 0.2) is 49.0 Å². The normalized spacial score (nSPS) is 14.4. The van der Waals surface area contributed by atoms with Crippen LogP contribution in [0, 0.1) is 0 Å². The molecule has 5 heteroatoms. The van der Waals surface area contributed by atoms with Crippen molar-refractivity contribution < 1.29 is 0 Å². The fourth-order valence-electron chi connectivity index (χ4n) is 1.35. The summed E-state index contributed by atoms with van der Waals surface area (Å²) in [5, 5.41) is 2.13. The minimum Gasteiger partial charge on any atom is -0.265 e. The molecule has 1 aliphatic heterocycles. The highest BCUT2D eigenvalue weighted by atomic mass is 32.2. The van der Waals surface area contributed by atoms with Crippen molar-refractivity contribution in [2.24, 2.45) is 0 Å². The van der Waals surface area contributed by atoms with E-state index in [-0.39, 0.29) is 4.06 Å². The van der Waals surface area contributed by atoms with Crippen molar-refractivity contribution in [3.63, 3.8) is 0 Å². The Morgan fingerprint density at radius 2 is 1.69 bits per heavy atom. The summed E-state index contributed by atoms with van der Waals surface area (Å²) in [6, 6.07) is 10.3. The van der Waals surface area contributed by atoms with Gasteiger partial charge in [0.2, 0.25) is 0 Å². The van der Waals surface area contributed by atoms with Crippen LogP contribution < -0.4 is 4.06 Å². The van der Waals surface area contributed by atoms with Crippen molar-refractivity contribution >= 4 is 51.1 Å². The predicted molar refractivity (Wildman–Crippen MR) is 74.6 cm³/mol. The molecule has 0 bridgehead atoms. The Balaban J connectivity index is 1.97. The van der Waals surface area contributed by atoms with E-state index in [2.05, 4.69) is 17.5 Å². The molecule has 0 spiro atoms. The third kappa shape index (κ3) is 2.00. The molecule has 2 heterocycles. The summed E-state index contributed by atoms with van der Waals surface area (Å²) < 4.78 is 2.47. The minimum absolute atomic E-state index is 0.188. The molecule has 80 valence electrons. The topological polar surface area (TPSA) is 17.1 Å². The maximum Gasteiger partial charge on any atom is 0.289 e. The number of thioether (sulfide) groups is 2. The van der Waals surface area contributed by atoms with Crippen LogP contribution in [0.4, 0.5) is 0 Å². The molecule has 1 nitrogen and oxygen atoms in total. The Morgan fingerprint density at radius 3 is 2.50 bits per heavy atom. The molecule has 1 aliphatic rings. The van der Waals surface area contributed by atoms with Crippen molar-refractivity contribution in [2.75, 3.05) is 0 Å². The van der Waals surface area contributed by atoms with E-state index in [1.54, 1.807) is 23.5 Å². The van der Waals surface area contributed by atoms with Gasteiger partial charge < -0.3 is 0 Å². The molecule has 0 unspecified atom stereocenters. The second-order valence-electron chi connectivity index (χ2n) is 3.10. The van der Waals surface area contributed by atoms with E-state index in [0.29, 0.717) is 0 Å². The van der Waals surface area contributed by atoms with Gasteiger partial charge >= 0.3 is 0 Å². The van der Waals surface area contributed by atoms with Crippen molar-refractivity contribution in [1.82, 2.24) is 0 Å². The maximum atomic E-state index is 11.3. The van der Waals surface area contributed by atoms with Gasteiger partial charge in [-0.15, -0.1) is 0 Å². The lowest BCUT2D eigenvalue weighted by molar-refractivity contribution is 1.53. The summed E-state index contributed by atoms with van der Waals surface area (Å²) in [6.07, 6.45) is 0. The summed E-state index contributed by atoms with van der Waals surface area (Å²) in [5.74, 6) is 0. The zero-order valence-corrected chi connectivity index (χ0v) is 11.3. The zero-order valence-electron chi connectivity index (χ0n) is 8.01. The fourth-order valence-corrected chi connectivity index (χ4v) is 6.39. The Labute approximate surface area is 109 Å². The summed E-state index contributed by atoms with van der Waals surface area (Å²) >= 11 is 6.06. The zero-order chi connectivity index (χ0) is 11.0. The van der Waals surface area contributed by atoms with Gasteiger partial charge in [0, 0.05) is 4.91 Å². The van der Waals surface area contributed by atoms with Crippen LogP contribution in [-0.4, -0.2) is 0 Å². The monoisotopic (exact) mass is 282 g/mol. The largest absolute Gasteiger partial charge is 0.289 e. The second kappa shape index (κ2) is 4.41. The number of benzene rings is 1. The van der Waals surface area contributed by atoms with E-state index in [1.165, 1.54) is 33.1 Å². The van der Waals surface area contributed by atoms with E-state index in [0.717, 1.165) is 8.42 Å². The Hall–Kier alpha value is -0.490. The molecule has 1 aromatic heterocycles. The predicted octanol–water partition coefficient (Wildman–Crippen LogP) is 4.37. The molecular formula is C11H6OS4. The third-order valence-electron chi connectivity index (χ3n) is 2.05. The Morgan fingerprint density at radius 1 is 0.938 bits per heavy atom. The van der Waals surface area contributed by atoms with Crippen molar-refractivity contribution in [3.8, 4) is 0 Å². The first-order valence-electron chi connectivity index (χ1n) is 4.57. The van der Waals surface area contributed by atoms with Gasteiger partial charge in [-0.25, -0.2) is 0 Å². The summed E-state index contributed by atoms with van der Waals surface area (Å²) in [4.78, 5) is 12.5. The number of hydrogen-bond donors (Lipinski definition) is 0. The molecule has 3 rings (SSSR count). The molecule has 2 aromatic rings. The summed E-state index contributed by atoms with van der Waals surface area (Å²) in [5.41, 5.74) is 1.22. The molecule has 16 heavy (non-hydrogen) atoms. The maximum absolute atomic E-state index is 11.3. The van der Waals surface area contributed by atoms with E-state index >= 15 is 0 Å². The first kappa shape index (κ1) is 10.7. The van der Waals surface area contributed by atoms with Crippen molar-refractivity contribution in [2.45, 2.75) is 8.42 Å². The highest BCUT2D eigenvalue weighted by molar-refractivity contribution is 8.14. The number of hydrogen-bond acceptors (Lipinski definition) is 5. The van der Waals surface area contributed by atoms with Crippen LogP contribution >= 0.6 is 46.2 Å². The Bertz CT molecular complexity index is 594. The average molecular weight is 282 g/mol. The van der Waals surface area contributed by atoms with Crippen molar-refractivity contribution in [3.05, 3.63) is 50.2 Å². The molecule has 0 atom stereocenters. The van der Waals surface area contributed by atoms with E-state index in [1.807, 2.05) is 18.2 Å². The smallest absolute Gasteiger partial charge is 0.265 e. The minimum atomic E-state index is 0.188. The number of rotatable bonds is 1. The van der Waals surface area contributed by atoms with Crippen LogP contribution in [0.25, 0.3) is 4.91 Å². The highest BCUT2D eigenvalue weighted by Crippen LogP contribution is 2.49. The van der Waals surface area contributed by atoms with Crippen LogP contribution in [0.3, 0.4) is 0 Å². The number of fused-ring (bicyclic) bond motifs is 1. The van der Waals surface area contributed by atoms with Gasteiger partial charge in [-0.3, -0.25) is 4.79 Å². The van der Waals surface area contributed by atoms with Crippen LogP contribution in [0.2, 0.25) is 0 Å². The molecule has 0 fully saturated rings. The van der Waals surface area contributed by atoms with Gasteiger partial charge in [0.05, 0.1) is 8.42 Å². The van der Waals surface area contributed by atoms with Crippen molar-refractivity contribution in [1.29, 1.82) is 0 Å². The second-order valence-corrected chi connectivity index (χ2v) is 7.77. The van der Waals surface area contributed by atoms with Gasteiger partial charge in [-0.2, -0.15) is 0 Å². The van der Waals surface area contributed by atoms with E-state index in [9.17, 15) is 4.79 Å². The third-order valence-corrected chi connectivity index (χ3v) is 7.10. The molecular weight excluding hydrogens is 276 g/mol. The lowest BCUT2D eigenvalue weighted by atomic mass is 10.2. The van der Waals surface area contributed by atoms with E-state index < -0.39 is 0 Å². The fraction of sp³-hybridized carbons (Fsp3) is 0. The molecule has 1 aromatic carbocycles. The molecule has 0 N–H and O–H groups in total. The first-order chi connectivity index (χ1) is 7.83. The SMILES string of the molecule is O=c1sc2c(s1)SC(c1ccccc1)=CS2. The molecule has 0 saturated carbocycles. The standard InChI is InChI=1S/C11H6OS4/c12-11-15-9-10(16-11)14-8(6-13-9)7-4-2-1-3-5-7/h1-6H. The van der Waals surface area contributed by atoms with Gasteiger partial charge in [-0.05, 0) is 11.0 Å². The van der Waals surface area contributed by atoms with Crippen LogP contribution in [-0.2, 0) is 0 Å². The Kier molecular flexibility index (Phi) is 2.93. The molecule has 0 aliphatic carbocycles. The summed E-state index contributed by atoms with van der Waals surface area (Å²) in [7, 11) is 0. The highest BCUT2D eigenvalue weighted by Gasteiger charge is 2.17. The van der Waals surface area contributed by atoms with Gasteiger partial charge in [-0.1, -0.05) is 76.5 Å². The quantitative estimate of drug-likeness (QED) is 0.773. The molecule has 0 radical (unpaired) electrons. The van der Waals surface area contributed by atoms with Gasteiger partial charge in [0.25, 0.3) is 4.06 Å². The van der Waals surface area contributed by atoms with Gasteiger partial charge in [0.15, 0.2) is 0 Å².